The van der Waals surface area contributed by atoms with E-state index in [4.69, 9.17) is 9.47 Å². The van der Waals surface area contributed by atoms with Crippen molar-refractivity contribution >= 4 is 5.97 Å². The summed E-state index contributed by atoms with van der Waals surface area (Å²) in [6.07, 6.45) is -1.27. The Bertz CT molecular complexity index is 596. The molecule has 110 valence electrons. The Morgan fingerprint density at radius 1 is 1.05 bits per heavy atom. The number of rotatable bonds is 5. The summed E-state index contributed by atoms with van der Waals surface area (Å²) in [5, 5.41) is 0. The highest BCUT2D eigenvalue weighted by atomic mass is 16.7. The molecule has 0 N–H and O–H groups in total. The van der Waals surface area contributed by atoms with E-state index in [-0.39, 0.29) is 6.01 Å². The average Bonchev–Trinajstić information content (AvgIpc) is 2.46. The third-order valence-corrected chi connectivity index (χ3v) is 2.55. The van der Waals surface area contributed by atoms with Crippen LogP contribution in [0.15, 0.2) is 36.4 Å². The minimum atomic E-state index is -1.27. The Labute approximate surface area is 122 Å². The first kappa shape index (κ1) is 14.8. The molecule has 1 unspecified atom stereocenters. The summed E-state index contributed by atoms with van der Waals surface area (Å²) in [6, 6.07) is 10.7. The molecule has 1 aromatic carbocycles. The largest absolute Gasteiger partial charge is 0.463 e. The van der Waals surface area contributed by atoms with Crippen molar-refractivity contribution in [2.45, 2.75) is 20.1 Å². The topological polar surface area (TPSA) is 70.5 Å². The van der Waals surface area contributed by atoms with E-state index >= 15 is 0 Å². The molecule has 1 aromatic heterocycles. The van der Waals surface area contributed by atoms with Gasteiger partial charge in [0.2, 0.25) is 0 Å². The molecule has 0 spiro atoms. The van der Waals surface area contributed by atoms with Gasteiger partial charge in [-0.1, -0.05) is 18.2 Å². The number of ether oxygens (including phenoxy) is 3. The van der Waals surface area contributed by atoms with Crippen LogP contribution in [0.2, 0.25) is 0 Å². The molecular formula is C15H16N2O4. The van der Waals surface area contributed by atoms with Gasteiger partial charge in [0.05, 0.1) is 7.11 Å². The van der Waals surface area contributed by atoms with Crippen LogP contribution in [0, 0.1) is 13.8 Å². The van der Waals surface area contributed by atoms with Gasteiger partial charge in [0.1, 0.15) is 5.75 Å². The standard InChI is InChI=1S/C15H16N2O4/c1-10-9-11(2)17-15(16-10)21-14(13(18)19-3)20-12-7-5-4-6-8-12/h4-9,14H,1-3H3. The van der Waals surface area contributed by atoms with E-state index in [2.05, 4.69) is 14.7 Å². The van der Waals surface area contributed by atoms with Gasteiger partial charge in [0.25, 0.3) is 0 Å². The van der Waals surface area contributed by atoms with Crippen molar-refractivity contribution in [3.63, 3.8) is 0 Å². The lowest BCUT2D eigenvalue weighted by Gasteiger charge is -2.17. The highest BCUT2D eigenvalue weighted by Gasteiger charge is 2.25. The quantitative estimate of drug-likeness (QED) is 0.619. The van der Waals surface area contributed by atoms with Crippen molar-refractivity contribution in [2.75, 3.05) is 7.11 Å². The molecule has 2 aromatic rings. The Morgan fingerprint density at radius 3 is 2.24 bits per heavy atom. The molecule has 0 radical (unpaired) electrons. The average molecular weight is 288 g/mol. The maximum absolute atomic E-state index is 11.8. The minimum Gasteiger partial charge on any atom is -0.463 e. The van der Waals surface area contributed by atoms with Gasteiger partial charge in [0.15, 0.2) is 0 Å². The van der Waals surface area contributed by atoms with Gasteiger partial charge >= 0.3 is 18.3 Å². The molecular weight excluding hydrogens is 272 g/mol. The molecule has 0 fully saturated rings. The summed E-state index contributed by atoms with van der Waals surface area (Å²) in [5.41, 5.74) is 1.47. The van der Waals surface area contributed by atoms with Crippen LogP contribution in [-0.4, -0.2) is 29.3 Å². The molecule has 2 rings (SSSR count). The Hall–Kier alpha value is -2.63. The first-order chi connectivity index (χ1) is 10.1. The van der Waals surface area contributed by atoms with Crippen LogP contribution in [-0.2, 0) is 9.53 Å². The van der Waals surface area contributed by atoms with Gasteiger partial charge in [-0.25, -0.2) is 14.8 Å². The molecule has 0 saturated carbocycles. The lowest BCUT2D eigenvalue weighted by Crippen LogP contribution is -2.35. The second-order valence-corrected chi connectivity index (χ2v) is 4.34. The normalized spacial score (nSPS) is 11.6. The van der Waals surface area contributed by atoms with E-state index in [1.807, 2.05) is 19.9 Å². The summed E-state index contributed by atoms with van der Waals surface area (Å²) >= 11 is 0. The SMILES string of the molecule is COC(=O)C(Oc1ccccc1)Oc1nc(C)cc(C)n1. The number of methoxy groups -OCH3 is 1. The fraction of sp³-hybridized carbons (Fsp3) is 0.267. The number of hydrogen-bond donors (Lipinski definition) is 0. The summed E-state index contributed by atoms with van der Waals surface area (Å²) in [5.74, 6) is -0.182. The van der Waals surface area contributed by atoms with Crippen molar-refractivity contribution in [2.24, 2.45) is 0 Å². The van der Waals surface area contributed by atoms with Crippen LogP contribution in [0.1, 0.15) is 11.4 Å². The van der Waals surface area contributed by atoms with E-state index in [9.17, 15) is 4.79 Å². The summed E-state index contributed by atoms with van der Waals surface area (Å²) in [4.78, 5) is 20.0. The Balaban J connectivity index is 2.18. The lowest BCUT2D eigenvalue weighted by atomic mass is 10.3. The number of benzene rings is 1. The molecule has 6 heteroatoms. The number of esters is 1. The second-order valence-electron chi connectivity index (χ2n) is 4.34. The van der Waals surface area contributed by atoms with Gasteiger partial charge in [-0.2, -0.15) is 0 Å². The molecule has 1 heterocycles. The van der Waals surface area contributed by atoms with E-state index in [1.54, 1.807) is 30.3 Å². The third kappa shape index (κ3) is 4.17. The highest BCUT2D eigenvalue weighted by Crippen LogP contribution is 2.14. The number of nitrogens with zero attached hydrogens (tertiary/aromatic N) is 2. The molecule has 0 aliphatic heterocycles. The van der Waals surface area contributed by atoms with Crippen LogP contribution in [0.25, 0.3) is 0 Å². The number of hydrogen-bond acceptors (Lipinski definition) is 6. The Morgan fingerprint density at radius 2 is 1.67 bits per heavy atom. The monoisotopic (exact) mass is 288 g/mol. The fourth-order valence-electron chi connectivity index (χ4n) is 1.68. The van der Waals surface area contributed by atoms with Gasteiger partial charge < -0.3 is 14.2 Å². The number of carbonyl (C=O) groups is 1. The number of carbonyl (C=O) groups excluding carboxylic acids is 1. The van der Waals surface area contributed by atoms with Gasteiger partial charge in [-0.05, 0) is 32.0 Å². The van der Waals surface area contributed by atoms with Crippen LogP contribution in [0.3, 0.4) is 0 Å². The minimum absolute atomic E-state index is 0.0684. The van der Waals surface area contributed by atoms with Crippen LogP contribution < -0.4 is 9.47 Å². The zero-order chi connectivity index (χ0) is 15.2. The van der Waals surface area contributed by atoms with Gasteiger partial charge in [0, 0.05) is 11.4 Å². The number of aromatic nitrogens is 2. The maximum Gasteiger partial charge on any atom is 0.389 e. The smallest absolute Gasteiger partial charge is 0.389 e. The van der Waals surface area contributed by atoms with E-state index in [0.29, 0.717) is 5.75 Å². The van der Waals surface area contributed by atoms with Crippen molar-refractivity contribution in [3.05, 3.63) is 47.8 Å². The predicted molar refractivity (Wildman–Crippen MR) is 75.0 cm³/mol. The van der Waals surface area contributed by atoms with E-state index < -0.39 is 12.3 Å². The summed E-state index contributed by atoms with van der Waals surface area (Å²) in [6.45, 7) is 3.62. The van der Waals surface area contributed by atoms with Crippen molar-refractivity contribution in [1.29, 1.82) is 0 Å². The van der Waals surface area contributed by atoms with Crippen LogP contribution in [0.5, 0.6) is 11.8 Å². The molecule has 6 nitrogen and oxygen atoms in total. The molecule has 0 bridgehead atoms. The molecule has 0 amide bonds. The Kier molecular flexibility index (Phi) is 4.71. The van der Waals surface area contributed by atoms with Crippen LogP contribution in [0.4, 0.5) is 0 Å². The predicted octanol–water partition coefficient (Wildman–Crippen LogP) is 2.05. The first-order valence-electron chi connectivity index (χ1n) is 6.37. The zero-order valence-corrected chi connectivity index (χ0v) is 12.1. The van der Waals surface area contributed by atoms with Crippen LogP contribution >= 0.6 is 0 Å². The molecule has 0 saturated heterocycles. The molecule has 1 atom stereocenters. The number of para-hydroxylation sites is 1. The highest BCUT2D eigenvalue weighted by molar-refractivity contribution is 5.73. The molecule has 0 aliphatic rings. The fourth-order valence-corrected chi connectivity index (χ4v) is 1.68. The van der Waals surface area contributed by atoms with Crippen molar-refractivity contribution < 1.29 is 19.0 Å². The van der Waals surface area contributed by atoms with E-state index in [1.165, 1.54) is 7.11 Å². The first-order valence-corrected chi connectivity index (χ1v) is 6.37. The zero-order valence-electron chi connectivity index (χ0n) is 12.1. The van der Waals surface area contributed by atoms with Crippen molar-refractivity contribution in [1.82, 2.24) is 9.97 Å². The molecule has 21 heavy (non-hydrogen) atoms. The molecule has 0 aliphatic carbocycles. The third-order valence-electron chi connectivity index (χ3n) is 2.55. The van der Waals surface area contributed by atoms with Gasteiger partial charge in [-0.3, -0.25) is 0 Å². The number of aryl methyl sites for hydroxylation is 2. The van der Waals surface area contributed by atoms with Crippen molar-refractivity contribution in [3.8, 4) is 11.8 Å². The maximum atomic E-state index is 11.8. The van der Waals surface area contributed by atoms with Gasteiger partial charge in [-0.15, -0.1) is 0 Å². The summed E-state index contributed by atoms with van der Waals surface area (Å²) in [7, 11) is 1.26. The summed E-state index contributed by atoms with van der Waals surface area (Å²) < 4.78 is 15.6. The lowest BCUT2D eigenvalue weighted by molar-refractivity contribution is -0.163. The van der Waals surface area contributed by atoms with E-state index in [0.717, 1.165) is 11.4 Å². The second kappa shape index (κ2) is 6.69.